The average molecular weight is 201 g/mol. The van der Waals surface area contributed by atoms with E-state index in [0.29, 0.717) is 6.42 Å². The molecule has 1 aromatic rings. The van der Waals surface area contributed by atoms with E-state index in [9.17, 15) is 4.79 Å². The second-order valence-corrected chi connectivity index (χ2v) is 2.67. The molecule has 0 bridgehead atoms. The molecule has 13 heavy (non-hydrogen) atoms. The van der Waals surface area contributed by atoms with Gasteiger partial charge in [0.15, 0.2) is 0 Å². The van der Waals surface area contributed by atoms with E-state index >= 15 is 0 Å². The number of nitrogens with one attached hydrogen (secondary N) is 1. The van der Waals surface area contributed by atoms with Gasteiger partial charge in [-0.2, -0.15) is 0 Å². The highest BCUT2D eigenvalue weighted by Crippen LogP contribution is 2.06. The molecule has 1 rings (SSSR count). The summed E-state index contributed by atoms with van der Waals surface area (Å²) >= 11 is 0. The lowest BCUT2D eigenvalue weighted by Gasteiger charge is -2.02. The van der Waals surface area contributed by atoms with Crippen LogP contribution in [0.1, 0.15) is 11.1 Å². The number of amides is 1. The molecule has 1 amide bonds. The lowest BCUT2D eigenvalue weighted by molar-refractivity contribution is -0.120. The van der Waals surface area contributed by atoms with Crippen molar-refractivity contribution < 1.29 is 4.79 Å². The van der Waals surface area contributed by atoms with Crippen molar-refractivity contribution in [3.8, 4) is 0 Å². The summed E-state index contributed by atoms with van der Waals surface area (Å²) in [6.07, 6.45) is 0.350. The molecule has 0 saturated heterocycles. The Balaban J connectivity index is 0.00000144. The van der Waals surface area contributed by atoms with Gasteiger partial charge in [0.25, 0.3) is 0 Å². The highest BCUT2D eigenvalue weighted by molar-refractivity contribution is 5.85. The van der Waals surface area contributed by atoms with E-state index in [-0.39, 0.29) is 18.3 Å². The Morgan fingerprint density at radius 3 is 2.62 bits per heavy atom. The van der Waals surface area contributed by atoms with Crippen LogP contribution in [-0.4, -0.2) is 5.91 Å². The number of hydrogen-bond acceptors (Lipinski definition) is 2. The first-order valence-corrected chi connectivity index (χ1v) is 3.78. The third-order valence-electron chi connectivity index (χ3n) is 1.77. The smallest absolute Gasteiger partial charge is 0.238 e. The van der Waals surface area contributed by atoms with Crippen molar-refractivity contribution in [1.82, 2.24) is 5.43 Å². The Kier molecular flexibility index (Phi) is 5.11. The van der Waals surface area contributed by atoms with Gasteiger partial charge in [-0.25, -0.2) is 5.84 Å². The first-order valence-electron chi connectivity index (χ1n) is 3.78. The molecule has 0 heterocycles. The predicted molar refractivity (Wildman–Crippen MR) is 54.5 cm³/mol. The number of hydrogen-bond donors (Lipinski definition) is 2. The standard InChI is InChI=1S/C9H12N2O.ClH/c1-7-4-2-3-5-8(7)6-9(12)11-10;/h2-5H,6,10H2,1H3,(H,11,12);1H. The van der Waals surface area contributed by atoms with Crippen molar-refractivity contribution in [1.29, 1.82) is 0 Å². The molecule has 0 aliphatic heterocycles. The summed E-state index contributed by atoms with van der Waals surface area (Å²) in [5.74, 6) is 4.81. The molecule has 0 saturated carbocycles. The lowest BCUT2D eigenvalue weighted by Crippen LogP contribution is -2.31. The van der Waals surface area contributed by atoms with Gasteiger partial charge < -0.3 is 0 Å². The monoisotopic (exact) mass is 200 g/mol. The summed E-state index contributed by atoms with van der Waals surface area (Å²) in [6, 6.07) is 7.75. The molecule has 0 unspecified atom stereocenters. The highest BCUT2D eigenvalue weighted by Gasteiger charge is 2.02. The van der Waals surface area contributed by atoms with Crippen molar-refractivity contribution in [2.24, 2.45) is 5.84 Å². The normalized spacial score (nSPS) is 8.77. The average Bonchev–Trinajstić information content (AvgIpc) is 2.09. The van der Waals surface area contributed by atoms with Crippen molar-refractivity contribution >= 4 is 18.3 Å². The summed E-state index contributed by atoms with van der Waals surface area (Å²) in [5, 5.41) is 0. The molecule has 0 aromatic heterocycles. The highest BCUT2D eigenvalue weighted by atomic mass is 35.5. The van der Waals surface area contributed by atoms with Crippen LogP contribution in [0.4, 0.5) is 0 Å². The molecule has 0 aliphatic rings. The van der Waals surface area contributed by atoms with Crippen LogP contribution in [0.3, 0.4) is 0 Å². The molecule has 0 aliphatic carbocycles. The quantitative estimate of drug-likeness (QED) is 0.424. The molecule has 0 radical (unpaired) electrons. The molecule has 1 aromatic carbocycles. The fourth-order valence-corrected chi connectivity index (χ4v) is 1.03. The first kappa shape index (κ1) is 11.9. The maximum absolute atomic E-state index is 10.9. The van der Waals surface area contributed by atoms with Crippen LogP contribution in [0.25, 0.3) is 0 Å². The number of aryl methyl sites for hydroxylation is 1. The van der Waals surface area contributed by atoms with Gasteiger partial charge in [0.1, 0.15) is 0 Å². The third-order valence-corrected chi connectivity index (χ3v) is 1.77. The minimum absolute atomic E-state index is 0. The maximum Gasteiger partial charge on any atom is 0.238 e. The largest absolute Gasteiger partial charge is 0.294 e. The molecular formula is C9H13ClN2O. The van der Waals surface area contributed by atoms with Gasteiger partial charge in [0.05, 0.1) is 6.42 Å². The molecule has 0 spiro atoms. The summed E-state index contributed by atoms with van der Waals surface area (Å²) in [6.45, 7) is 1.97. The number of nitrogens with two attached hydrogens (primary N) is 1. The first-order chi connectivity index (χ1) is 5.74. The molecule has 0 atom stereocenters. The van der Waals surface area contributed by atoms with Crippen LogP contribution in [0.5, 0.6) is 0 Å². The van der Waals surface area contributed by atoms with Gasteiger partial charge in [-0.05, 0) is 18.1 Å². The topological polar surface area (TPSA) is 55.1 Å². The number of carbonyl (C=O) groups is 1. The minimum Gasteiger partial charge on any atom is -0.294 e. The Labute approximate surface area is 83.7 Å². The SMILES string of the molecule is Cc1ccccc1CC(=O)NN.Cl. The second-order valence-electron chi connectivity index (χ2n) is 2.67. The van der Waals surface area contributed by atoms with E-state index in [0.717, 1.165) is 11.1 Å². The third kappa shape index (κ3) is 3.44. The predicted octanol–water partition coefficient (Wildman–Crippen LogP) is 0.949. The second kappa shape index (κ2) is 5.56. The molecule has 4 heteroatoms. The number of benzene rings is 1. The van der Waals surface area contributed by atoms with E-state index in [1.807, 2.05) is 31.2 Å². The van der Waals surface area contributed by atoms with Crippen LogP contribution >= 0.6 is 12.4 Å². The van der Waals surface area contributed by atoms with Crippen molar-refractivity contribution in [2.45, 2.75) is 13.3 Å². The zero-order chi connectivity index (χ0) is 8.97. The number of rotatable bonds is 2. The lowest BCUT2D eigenvalue weighted by atomic mass is 10.1. The van der Waals surface area contributed by atoms with Crippen molar-refractivity contribution in [2.75, 3.05) is 0 Å². The van der Waals surface area contributed by atoms with Crippen LogP contribution < -0.4 is 11.3 Å². The number of halogens is 1. The van der Waals surface area contributed by atoms with Gasteiger partial charge in [-0.15, -0.1) is 12.4 Å². The van der Waals surface area contributed by atoms with Crippen molar-refractivity contribution in [3.05, 3.63) is 35.4 Å². The fraction of sp³-hybridized carbons (Fsp3) is 0.222. The zero-order valence-corrected chi connectivity index (χ0v) is 8.23. The molecule has 3 N–H and O–H groups in total. The van der Waals surface area contributed by atoms with Crippen LogP contribution in [0, 0.1) is 6.92 Å². The van der Waals surface area contributed by atoms with E-state index in [1.54, 1.807) is 0 Å². The molecular weight excluding hydrogens is 188 g/mol. The molecule has 0 fully saturated rings. The van der Waals surface area contributed by atoms with Gasteiger partial charge in [0, 0.05) is 0 Å². The van der Waals surface area contributed by atoms with Gasteiger partial charge in [-0.3, -0.25) is 10.2 Å². The van der Waals surface area contributed by atoms with E-state index < -0.39 is 0 Å². The van der Waals surface area contributed by atoms with E-state index in [1.165, 1.54) is 0 Å². The molecule has 3 nitrogen and oxygen atoms in total. The Hall–Kier alpha value is -1.06. The van der Waals surface area contributed by atoms with Crippen LogP contribution in [0.2, 0.25) is 0 Å². The summed E-state index contributed by atoms with van der Waals surface area (Å²) in [4.78, 5) is 10.9. The van der Waals surface area contributed by atoms with E-state index in [4.69, 9.17) is 5.84 Å². The Morgan fingerprint density at radius 1 is 1.46 bits per heavy atom. The summed E-state index contributed by atoms with van der Waals surface area (Å²) in [5.41, 5.74) is 4.23. The summed E-state index contributed by atoms with van der Waals surface area (Å²) in [7, 11) is 0. The van der Waals surface area contributed by atoms with Gasteiger partial charge >= 0.3 is 0 Å². The molecule has 72 valence electrons. The van der Waals surface area contributed by atoms with E-state index in [2.05, 4.69) is 5.43 Å². The van der Waals surface area contributed by atoms with Crippen LogP contribution in [0.15, 0.2) is 24.3 Å². The van der Waals surface area contributed by atoms with Crippen LogP contribution in [-0.2, 0) is 11.2 Å². The zero-order valence-electron chi connectivity index (χ0n) is 7.41. The number of hydrazine groups is 1. The summed E-state index contributed by atoms with van der Waals surface area (Å²) < 4.78 is 0. The van der Waals surface area contributed by atoms with Gasteiger partial charge in [-0.1, -0.05) is 24.3 Å². The minimum atomic E-state index is -0.163. The number of carbonyl (C=O) groups excluding carboxylic acids is 1. The fourth-order valence-electron chi connectivity index (χ4n) is 1.03. The Morgan fingerprint density at radius 2 is 2.08 bits per heavy atom. The maximum atomic E-state index is 10.9. The van der Waals surface area contributed by atoms with Gasteiger partial charge in [0.2, 0.25) is 5.91 Å². The van der Waals surface area contributed by atoms with Crippen molar-refractivity contribution in [3.63, 3.8) is 0 Å². The Bertz CT molecular complexity index is 289.